The Morgan fingerprint density at radius 1 is 1.24 bits per heavy atom. The Labute approximate surface area is 121 Å². The maximum atomic E-state index is 5.90. The van der Waals surface area contributed by atoms with E-state index in [1.807, 2.05) is 37.3 Å². The molecule has 4 rings (SSSR count). The second kappa shape index (κ2) is 4.73. The third-order valence-corrected chi connectivity index (χ3v) is 3.64. The van der Waals surface area contributed by atoms with Crippen molar-refractivity contribution in [2.75, 3.05) is 11.9 Å². The molecule has 0 bridgehead atoms. The van der Waals surface area contributed by atoms with Crippen molar-refractivity contribution in [2.45, 2.75) is 19.4 Å². The lowest BCUT2D eigenvalue weighted by atomic mass is 10.1. The molecule has 1 aliphatic rings. The quantitative estimate of drug-likeness (QED) is 0.793. The van der Waals surface area contributed by atoms with Crippen molar-refractivity contribution < 1.29 is 4.74 Å². The van der Waals surface area contributed by atoms with Crippen LogP contribution in [0.15, 0.2) is 36.4 Å². The normalized spacial score (nSPS) is 16.7. The van der Waals surface area contributed by atoms with Crippen molar-refractivity contribution in [2.24, 2.45) is 0 Å². The third-order valence-electron chi connectivity index (χ3n) is 3.64. The molecule has 1 aromatic carbocycles. The van der Waals surface area contributed by atoms with Crippen molar-refractivity contribution in [1.29, 1.82) is 0 Å². The highest BCUT2D eigenvalue weighted by molar-refractivity contribution is 5.44. The van der Waals surface area contributed by atoms with Crippen LogP contribution in [-0.4, -0.2) is 32.5 Å². The van der Waals surface area contributed by atoms with Crippen LogP contribution in [0.25, 0.3) is 5.65 Å². The number of aryl methyl sites for hydroxylation is 1. The number of aromatic nitrogens is 4. The van der Waals surface area contributed by atoms with Crippen LogP contribution in [0.1, 0.15) is 11.4 Å². The molecule has 3 heterocycles. The van der Waals surface area contributed by atoms with E-state index in [1.165, 1.54) is 5.56 Å². The SMILES string of the molecule is Cc1nnc2ccc(NCC3Cc4ccccc4O3)nn12. The van der Waals surface area contributed by atoms with Crippen LogP contribution in [0.5, 0.6) is 5.75 Å². The van der Waals surface area contributed by atoms with Gasteiger partial charge in [-0.05, 0) is 30.7 Å². The van der Waals surface area contributed by atoms with Crippen LogP contribution in [-0.2, 0) is 6.42 Å². The molecule has 0 saturated heterocycles. The molecule has 1 unspecified atom stereocenters. The fraction of sp³-hybridized carbons (Fsp3) is 0.267. The number of benzene rings is 1. The first-order chi connectivity index (χ1) is 10.3. The van der Waals surface area contributed by atoms with Gasteiger partial charge in [-0.15, -0.1) is 15.3 Å². The molecular formula is C15H15N5O. The van der Waals surface area contributed by atoms with Gasteiger partial charge in [-0.3, -0.25) is 0 Å². The lowest BCUT2D eigenvalue weighted by Gasteiger charge is -2.12. The lowest BCUT2D eigenvalue weighted by Crippen LogP contribution is -2.24. The lowest BCUT2D eigenvalue weighted by molar-refractivity contribution is 0.246. The van der Waals surface area contributed by atoms with E-state index in [4.69, 9.17) is 4.74 Å². The predicted octanol–water partition coefficient (Wildman–Crippen LogP) is 1.85. The van der Waals surface area contributed by atoms with Gasteiger partial charge in [-0.2, -0.15) is 4.52 Å². The Bertz CT molecular complexity index is 773. The molecule has 0 amide bonds. The van der Waals surface area contributed by atoms with E-state index in [9.17, 15) is 0 Å². The monoisotopic (exact) mass is 281 g/mol. The molecule has 1 atom stereocenters. The number of rotatable bonds is 3. The first-order valence-electron chi connectivity index (χ1n) is 6.97. The number of nitrogens with one attached hydrogen (secondary N) is 1. The summed E-state index contributed by atoms with van der Waals surface area (Å²) in [6.45, 7) is 2.60. The Hall–Kier alpha value is -2.63. The molecule has 6 heteroatoms. The van der Waals surface area contributed by atoms with E-state index < -0.39 is 0 Å². The average Bonchev–Trinajstić information content (AvgIpc) is 3.09. The Morgan fingerprint density at radius 3 is 3.05 bits per heavy atom. The van der Waals surface area contributed by atoms with Crippen molar-refractivity contribution in [3.8, 4) is 5.75 Å². The van der Waals surface area contributed by atoms with Gasteiger partial charge in [0.1, 0.15) is 17.7 Å². The fourth-order valence-corrected chi connectivity index (χ4v) is 2.58. The largest absolute Gasteiger partial charge is 0.488 e. The number of nitrogens with zero attached hydrogens (tertiary/aromatic N) is 4. The average molecular weight is 281 g/mol. The number of anilines is 1. The molecule has 21 heavy (non-hydrogen) atoms. The van der Waals surface area contributed by atoms with E-state index in [-0.39, 0.29) is 6.10 Å². The third kappa shape index (κ3) is 2.18. The predicted molar refractivity (Wildman–Crippen MR) is 78.6 cm³/mol. The van der Waals surface area contributed by atoms with Crippen LogP contribution in [0.4, 0.5) is 5.82 Å². The molecule has 0 fully saturated rings. The number of hydrogen-bond acceptors (Lipinski definition) is 5. The maximum Gasteiger partial charge on any atom is 0.178 e. The number of ether oxygens (including phenoxy) is 1. The molecule has 106 valence electrons. The first-order valence-corrected chi connectivity index (χ1v) is 6.97. The number of para-hydroxylation sites is 1. The summed E-state index contributed by atoms with van der Waals surface area (Å²) >= 11 is 0. The molecule has 3 aromatic rings. The molecule has 0 saturated carbocycles. The Morgan fingerprint density at radius 2 is 2.14 bits per heavy atom. The standard InChI is InChI=1S/C15H15N5O/c1-10-17-18-15-7-6-14(19-20(10)15)16-9-12-8-11-4-2-3-5-13(11)21-12/h2-7,12H,8-9H2,1H3,(H,16,19). The Balaban J connectivity index is 1.46. The van der Waals surface area contributed by atoms with Gasteiger partial charge in [-0.1, -0.05) is 18.2 Å². The van der Waals surface area contributed by atoms with Gasteiger partial charge in [0.15, 0.2) is 11.5 Å². The number of fused-ring (bicyclic) bond motifs is 2. The summed E-state index contributed by atoms with van der Waals surface area (Å²) in [7, 11) is 0. The summed E-state index contributed by atoms with van der Waals surface area (Å²) in [5.41, 5.74) is 2.02. The molecule has 1 aliphatic heterocycles. The molecule has 1 N–H and O–H groups in total. The van der Waals surface area contributed by atoms with Crippen molar-refractivity contribution in [3.63, 3.8) is 0 Å². The summed E-state index contributed by atoms with van der Waals surface area (Å²) in [5, 5.41) is 15.8. The summed E-state index contributed by atoms with van der Waals surface area (Å²) in [5.74, 6) is 2.56. The highest BCUT2D eigenvalue weighted by Crippen LogP contribution is 2.28. The molecular weight excluding hydrogens is 266 g/mol. The second-order valence-corrected chi connectivity index (χ2v) is 5.17. The van der Waals surface area contributed by atoms with E-state index in [0.717, 1.165) is 29.5 Å². The van der Waals surface area contributed by atoms with E-state index >= 15 is 0 Å². The van der Waals surface area contributed by atoms with E-state index in [1.54, 1.807) is 4.52 Å². The molecule has 0 spiro atoms. The Kier molecular flexibility index (Phi) is 2.73. The topological polar surface area (TPSA) is 64.3 Å². The molecule has 0 aliphatic carbocycles. The van der Waals surface area contributed by atoms with Crippen molar-refractivity contribution in [1.82, 2.24) is 19.8 Å². The zero-order chi connectivity index (χ0) is 14.2. The summed E-state index contributed by atoms with van der Waals surface area (Å²) < 4.78 is 7.63. The summed E-state index contributed by atoms with van der Waals surface area (Å²) in [6.07, 6.45) is 1.07. The van der Waals surface area contributed by atoms with Crippen LogP contribution >= 0.6 is 0 Å². The van der Waals surface area contributed by atoms with Gasteiger partial charge < -0.3 is 10.1 Å². The zero-order valence-corrected chi connectivity index (χ0v) is 11.7. The van der Waals surface area contributed by atoms with E-state index in [2.05, 4.69) is 26.7 Å². The van der Waals surface area contributed by atoms with Crippen molar-refractivity contribution >= 4 is 11.5 Å². The minimum absolute atomic E-state index is 0.141. The minimum Gasteiger partial charge on any atom is -0.488 e. The summed E-state index contributed by atoms with van der Waals surface area (Å²) in [4.78, 5) is 0. The zero-order valence-electron chi connectivity index (χ0n) is 11.7. The van der Waals surface area contributed by atoms with E-state index in [0.29, 0.717) is 6.54 Å². The van der Waals surface area contributed by atoms with Gasteiger partial charge in [0.2, 0.25) is 0 Å². The molecule has 0 radical (unpaired) electrons. The van der Waals surface area contributed by atoms with Crippen LogP contribution in [0, 0.1) is 6.92 Å². The fourth-order valence-electron chi connectivity index (χ4n) is 2.58. The molecule has 2 aromatic heterocycles. The van der Waals surface area contributed by atoms with Gasteiger partial charge in [0.25, 0.3) is 0 Å². The van der Waals surface area contributed by atoms with Crippen LogP contribution in [0.2, 0.25) is 0 Å². The van der Waals surface area contributed by atoms with Gasteiger partial charge in [0, 0.05) is 6.42 Å². The van der Waals surface area contributed by atoms with Crippen LogP contribution < -0.4 is 10.1 Å². The van der Waals surface area contributed by atoms with Gasteiger partial charge in [-0.25, -0.2) is 0 Å². The highest BCUT2D eigenvalue weighted by atomic mass is 16.5. The molecule has 6 nitrogen and oxygen atoms in total. The van der Waals surface area contributed by atoms with Gasteiger partial charge in [0.05, 0.1) is 6.54 Å². The second-order valence-electron chi connectivity index (χ2n) is 5.17. The number of hydrogen-bond donors (Lipinski definition) is 1. The first kappa shape index (κ1) is 12.1. The smallest absolute Gasteiger partial charge is 0.178 e. The van der Waals surface area contributed by atoms with Gasteiger partial charge >= 0.3 is 0 Å². The minimum atomic E-state index is 0.141. The van der Waals surface area contributed by atoms with Crippen molar-refractivity contribution in [3.05, 3.63) is 47.8 Å². The summed E-state index contributed by atoms with van der Waals surface area (Å²) in [6, 6.07) is 12.0. The highest BCUT2D eigenvalue weighted by Gasteiger charge is 2.22. The maximum absolute atomic E-state index is 5.90. The van der Waals surface area contributed by atoms with Crippen LogP contribution in [0.3, 0.4) is 0 Å².